The highest BCUT2D eigenvalue weighted by Gasteiger charge is 2.22. The van der Waals surface area contributed by atoms with Gasteiger partial charge in [-0.2, -0.15) is 0 Å². The maximum absolute atomic E-state index is 12.7. The van der Waals surface area contributed by atoms with Gasteiger partial charge in [0.2, 0.25) is 5.91 Å². The molecule has 4 rings (SSSR count). The van der Waals surface area contributed by atoms with E-state index in [2.05, 4.69) is 31.9 Å². The summed E-state index contributed by atoms with van der Waals surface area (Å²) in [6, 6.07) is 10.2. The van der Waals surface area contributed by atoms with Crippen LogP contribution in [0.4, 0.5) is 0 Å². The van der Waals surface area contributed by atoms with Crippen molar-refractivity contribution in [2.75, 3.05) is 59.0 Å². The molecule has 1 aromatic carbocycles. The van der Waals surface area contributed by atoms with E-state index in [1.807, 2.05) is 29.3 Å². The maximum Gasteiger partial charge on any atom is 0.236 e. The first-order valence-corrected chi connectivity index (χ1v) is 10.2. The molecule has 28 heavy (non-hydrogen) atoms. The summed E-state index contributed by atoms with van der Waals surface area (Å²) < 4.78 is 5.37. The van der Waals surface area contributed by atoms with Crippen LogP contribution in [-0.2, 0) is 16.1 Å². The van der Waals surface area contributed by atoms with Crippen LogP contribution in [0.25, 0.3) is 11.4 Å². The molecule has 1 N–H and O–H groups in total. The van der Waals surface area contributed by atoms with E-state index < -0.39 is 0 Å². The van der Waals surface area contributed by atoms with Crippen molar-refractivity contribution >= 4 is 5.91 Å². The summed E-state index contributed by atoms with van der Waals surface area (Å²) in [4.78, 5) is 27.2. The Balaban J connectivity index is 1.28. The molecule has 2 fully saturated rings. The largest absolute Gasteiger partial charge is 0.379 e. The molecule has 7 nitrogen and oxygen atoms in total. The number of amides is 1. The lowest BCUT2D eigenvalue weighted by atomic mass is 10.2. The highest BCUT2D eigenvalue weighted by molar-refractivity contribution is 5.78. The van der Waals surface area contributed by atoms with E-state index in [0.29, 0.717) is 6.54 Å². The summed E-state index contributed by atoms with van der Waals surface area (Å²) in [5.41, 5.74) is 2.22. The van der Waals surface area contributed by atoms with Crippen LogP contribution >= 0.6 is 0 Å². The van der Waals surface area contributed by atoms with E-state index in [1.165, 1.54) is 0 Å². The molecule has 2 aromatic rings. The number of nitrogens with zero attached hydrogens (tertiary/aromatic N) is 4. The van der Waals surface area contributed by atoms with Crippen molar-refractivity contribution in [2.45, 2.75) is 13.0 Å². The first-order chi connectivity index (χ1) is 13.8. The van der Waals surface area contributed by atoms with Crippen LogP contribution in [0.3, 0.4) is 0 Å². The van der Waals surface area contributed by atoms with Crippen molar-refractivity contribution in [3.63, 3.8) is 0 Å². The minimum absolute atomic E-state index is 0.247. The first-order valence-electron chi connectivity index (χ1n) is 10.2. The maximum atomic E-state index is 12.7. The van der Waals surface area contributed by atoms with Crippen LogP contribution in [0.1, 0.15) is 12.1 Å². The van der Waals surface area contributed by atoms with Crippen LogP contribution < -0.4 is 0 Å². The number of imidazole rings is 1. The van der Waals surface area contributed by atoms with Gasteiger partial charge in [0, 0.05) is 63.3 Å². The van der Waals surface area contributed by atoms with Crippen LogP contribution in [0.5, 0.6) is 0 Å². The lowest BCUT2D eigenvalue weighted by molar-refractivity contribution is -0.133. The van der Waals surface area contributed by atoms with Crippen molar-refractivity contribution in [1.82, 2.24) is 24.7 Å². The van der Waals surface area contributed by atoms with Gasteiger partial charge < -0.3 is 14.6 Å². The summed E-state index contributed by atoms with van der Waals surface area (Å²) in [5.74, 6) is 1.16. The Kier molecular flexibility index (Phi) is 6.36. The predicted octanol–water partition coefficient (Wildman–Crippen LogP) is 1.44. The van der Waals surface area contributed by atoms with Crippen LogP contribution in [0.15, 0.2) is 36.5 Å². The van der Waals surface area contributed by atoms with Crippen LogP contribution in [0, 0.1) is 0 Å². The topological polar surface area (TPSA) is 64.7 Å². The van der Waals surface area contributed by atoms with E-state index in [0.717, 1.165) is 82.5 Å². The molecule has 0 unspecified atom stereocenters. The second-order valence-corrected chi connectivity index (χ2v) is 7.52. The molecule has 3 heterocycles. The van der Waals surface area contributed by atoms with Gasteiger partial charge in [-0.05, 0) is 6.42 Å². The van der Waals surface area contributed by atoms with Crippen molar-refractivity contribution in [3.8, 4) is 11.4 Å². The fourth-order valence-corrected chi connectivity index (χ4v) is 3.85. The Morgan fingerprint density at radius 2 is 1.82 bits per heavy atom. The van der Waals surface area contributed by atoms with Crippen LogP contribution in [-0.4, -0.2) is 89.6 Å². The molecule has 2 aliphatic heterocycles. The molecule has 2 aliphatic rings. The Morgan fingerprint density at radius 1 is 1.00 bits per heavy atom. The summed E-state index contributed by atoms with van der Waals surface area (Å²) in [5, 5.41) is 0. The number of morpholine rings is 1. The quantitative estimate of drug-likeness (QED) is 0.847. The molecule has 1 amide bonds. The number of benzene rings is 1. The van der Waals surface area contributed by atoms with Gasteiger partial charge in [-0.15, -0.1) is 0 Å². The summed E-state index contributed by atoms with van der Waals surface area (Å²) >= 11 is 0. The van der Waals surface area contributed by atoms with Crippen molar-refractivity contribution in [3.05, 3.63) is 42.2 Å². The van der Waals surface area contributed by atoms with Gasteiger partial charge >= 0.3 is 0 Å². The lowest BCUT2D eigenvalue weighted by Gasteiger charge is -2.29. The number of aromatic nitrogens is 2. The zero-order chi connectivity index (χ0) is 19.2. The third kappa shape index (κ3) is 4.98. The van der Waals surface area contributed by atoms with Crippen molar-refractivity contribution in [2.24, 2.45) is 0 Å². The van der Waals surface area contributed by atoms with Gasteiger partial charge in [0.15, 0.2) is 0 Å². The molecule has 0 aliphatic carbocycles. The van der Waals surface area contributed by atoms with E-state index in [-0.39, 0.29) is 5.91 Å². The molecule has 0 saturated carbocycles. The average molecular weight is 383 g/mol. The number of hydrogen-bond acceptors (Lipinski definition) is 5. The van der Waals surface area contributed by atoms with Gasteiger partial charge in [-0.25, -0.2) is 4.98 Å². The minimum atomic E-state index is 0.247. The monoisotopic (exact) mass is 383 g/mol. The van der Waals surface area contributed by atoms with Gasteiger partial charge in [0.1, 0.15) is 5.82 Å². The lowest BCUT2D eigenvalue weighted by Crippen LogP contribution is -2.45. The van der Waals surface area contributed by atoms with E-state index in [1.54, 1.807) is 0 Å². The smallest absolute Gasteiger partial charge is 0.236 e. The molecular weight excluding hydrogens is 354 g/mol. The zero-order valence-electron chi connectivity index (χ0n) is 16.3. The zero-order valence-corrected chi connectivity index (χ0v) is 16.3. The minimum Gasteiger partial charge on any atom is -0.379 e. The van der Waals surface area contributed by atoms with E-state index >= 15 is 0 Å². The molecule has 1 aromatic heterocycles. The number of H-pyrrole nitrogens is 1. The molecule has 0 atom stereocenters. The summed E-state index contributed by atoms with van der Waals surface area (Å²) in [7, 11) is 0. The molecule has 2 saturated heterocycles. The summed E-state index contributed by atoms with van der Waals surface area (Å²) in [6.07, 6.45) is 2.93. The number of nitrogens with one attached hydrogen (secondary N) is 1. The number of carbonyl (C=O) groups is 1. The Bertz CT molecular complexity index is 757. The number of hydrogen-bond donors (Lipinski definition) is 1. The van der Waals surface area contributed by atoms with E-state index in [9.17, 15) is 4.79 Å². The van der Waals surface area contributed by atoms with Gasteiger partial charge in [-0.1, -0.05) is 30.3 Å². The van der Waals surface area contributed by atoms with Gasteiger partial charge in [0.05, 0.1) is 19.8 Å². The standard InChI is InChI=1S/C21H29N5O2/c27-20(17-25-11-13-28-14-12-25)26-8-4-7-24(9-10-26)16-19-15-22-21(23-19)18-5-2-1-3-6-18/h1-3,5-6,15H,4,7-14,16-17H2,(H,22,23). The van der Waals surface area contributed by atoms with Gasteiger partial charge in [0.25, 0.3) is 0 Å². The fraction of sp³-hybridized carbons (Fsp3) is 0.524. The van der Waals surface area contributed by atoms with E-state index in [4.69, 9.17) is 4.74 Å². The normalized spacial score (nSPS) is 19.5. The molecule has 150 valence electrons. The highest BCUT2D eigenvalue weighted by Crippen LogP contribution is 2.16. The van der Waals surface area contributed by atoms with Crippen molar-refractivity contribution in [1.29, 1.82) is 0 Å². The SMILES string of the molecule is O=C(CN1CCOCC1)N1CCCN(Cc2cnc(-c3ccccc3)[nH]2)CC1. The molecular formula is C21H29N5O2. The number of aromatic amines is 1. The predicted molar refractivity (Wildman–Crippen MR) is 108 cm³/mol. The third-order valence-electron chi connectivity index (χ3n) is 5.47. The third-order valence-corrected chi connectivity index (χ3v) is 5.47. The number of ether oxygens (including phenoxy) is 1. The molecule has 0 radical (unpaired) electrons. The average Bonchev–Trinajstić information content (AvgIpc) is 3.07. The van der Waals surface area contributed by atoms with Crippen LogP contribution in [0.2, 0.25) is 0 Å². The fourth-order valence-electron chi connectivity index (χ4n) is 3.85. The Morgan fingerprint density at radius 3 is 2.64 bits per heavy atom. The Labute approximate surface area is 166 Å². The summed E-state index contributed by atoms with van der Waals surface area (Å²) in [6.45, 7) is 8.07. The second kappa shape index (κ2) is 9.32. The highest BCUT2D eigenvalue weighted by atomic mass is 16.5. The van der Waals surface area contributed by atoms with Crippen molar-refractivity contribution < 1.29 is 9.53 Å². The van der Waals surface area contributed by atoms with Gasteiger partial charge in [-0.3, -0.25) is 14.6 Å². The Hall–Kier alpha value is -2.22. The molecule has 0 spiro atoms. The molecule has 0 bridgehead atoms. The first kappa shape index (κ1) is 19.1. The molecule has 7 heteroatoms. The number of carbonyl (C=O) groups excluding carboxylic acids is 1. The second-order valence-electron chi connectivity index (χ2n) is 7.52. The number of rotatable bonds is 5.